The van der Waals surface area contributed by atoms with Crippen LogP contribution in [0.2, 0.25) is 5.02 Å². The van der Waals surface area contributed by atoms with Crippen LogP contribution in [0.1, 0.15) is 27.4 Å². The van der Waals surface area contributed by atoms with Crippen molar-refractivity contribution in [3.05, 3.63) is 107 Å². The second-order valence-corrected chi connectivity index (χ2v) is 8.44. The molecule has 2 heterocycles. The highest BCUT2D eigenvalue weighted by molar-refractivity contribution is 6.31. The van der Waals surface area contributed by atoms with Crippen LogP contribution in [0.4, 0.5) is 5.69 Å². The topological polar surface area (TPSA) is 67.9 Å². The summed E-state index contributed by atoms with van der Waals surface area (Å²) in [6.07, 6.45) is 3.80. The van der Waals surface area contributed by atoms with E-state index in [0.29, 0.717) is 16.1 Å². The SMILES string of the molecule is N#CC1(C#N)[C@H](c2ccccc2Cl)[C@@H](C(=O)c2ccccc2)N2c3ccccc3C=C[C@@H]21. The highest BCUT2D eigenvalue weighted by Crippen LogP contribution is 2.56. The van der Waals surface area contributed by atoms with E-state index in [-0.39, 0.29) is 5.78 Å². The Morgan fingerprint density at radius 1 is 0.906 bits per heavy atom. The van der Waals surface area contributed by atoms with Crippen molar-refractivity contribution in [1.29, 1.82) is 10.5 Å². The Labute approximate surface area is 191 Å². The summed E-state index contributed by atoms with van der Waals surface area (Å²) in [7, 11) is 0. The lowest BCUT2D eigenvalue weighted by Crippen LogP contribution is -2.44. The molecule has 4 nitrogen and oxygen atoms in total. The largest absolute Gasteiger partial charge is 0.351 e. The van der Waals surface area contributed by atoms with Crippen LogP contribution >= 0.6 is 11.6 Å². The number of carbonyl (C=O) groups excluding carboxylic acids is 1. The van der Waals surface area contributed by atoms with Gasteiger partial charge in [0.15, 0.2) is 11.2 Å². The molecule has 2 aliphatic rings. The van der Waals surface area contributed by atoms with Gasteiger partial charge in [-0.3, -0.25) is 4.79 Å². The van der Waals surface area contributed by atoms with Crippen molar-refractivity contribution in [1.82, 2.24) is 0 Å². The van der Waals surface area contributed by atoms with Crippen LogP contribution in [-0.4, -0.2) is 17.9 Å². The Bertz CT molecular complexity index is 1300. The molecule has 0 aromatic heterocycles. The number of carbonyl (C=O) groups is 1. The van der Waals surface area contributed by atoms with E-state index in [1.54, 1.807) is 24.3 Å². The summed E-state index contributed by atoms with van der Waals surface area (Å²) in [5, 5.41) is 21.3. The molecule has 0 aliphatic carbocycles. The fourth-order valence-electron chi connectivity index (χ4n) is 5.08. The molecule has 0 amide bonds. The molecule has 0 unspecified atom stereocenters. The molecule has 0 bridgehead atoms. The third kappa shape index (κ3) is 2.78. The van der Waals surface area contributed by atoms with Gasteiger partial charge in [0.2, 0.25) is 0 Å². The third-order valence-electron chi connectivity index (χ3n) is 6.48. The van der Waals surface area contributed by atoms with Crippen molar-refractivity contribution in [2.24, 2.45) is 5.41 Å². The number of Topliss-reactive ketones (excluding diaryl/α,β-unsaturated/α-hetero) is 1. The Morgan fingerprint density at radius 2 is 1.56 bits per heavy atom. The lowest BCUT2D eigenvalue weighted by atomic mass is 9.69. The van der Waals surface area contributed by atoms with E-state index < -0.39 is 23.4 Å². The van der Waals surface area contributed by atoms with Gasteiger partial charge < -0.3 is 4.90 Å². The maximum Gasteiger partial charge on any atom is 0.185 e. The molecule has 3 atom stereocenters. The summed E-state index contributed by atoms with van der Waals surface area (Å²) in [5.74, 6) is -0.877. The zero-order valence-electron chi connectivity index (χ0n) is 17.0. The molecular formula is C27H18ClN3O. The first kappa shape index (κ1) is 20.1. The third-order valence-corrected chi connectivity index (χ3v) is 6.83. The van der Waals surface area contributed by atoms with Gasteiger partial charge in [0.1, 0.15) is 6.04 Å². The number of nitriles is 2. The van der Waals surface area contributed by atoms with Crippen LogP contribution < -0.4 is 4.90 Å². The quantitative estimate of drug-likeness (QED) is 0.500. The Balaban J connectivity index is 1.81. The highest BCUT2D eigenvalue weighted by atomic mass is 35.5. The highest BCUT2D eigenvalue weighted by Gasteiger charge is 2.63. The number of fused-ring (bicyclic) bond motifs is 3. The van der Waals surface area contributed by atoms with E-state index in [0.717, 1.165) is 11.3 Å². The molecule has 0 N–H and O–H groups in total. The van der Waals surface area contributed by atoms with Crippen LogP contribution in [-0.2, 0) is 0 Å². The number of rotatable bonds is 3. The summed E-state index contributed by atoms with van der Waals surface area (Å²) < 4.78 is 0. The number of nitrogens with zero attached hydrogens (tertiary/aromatic N) is 3. The van der Waals surface area contributed by atoms with Crippen molar-refractivity contribution in [2.45, 2.75) is 18.0 Å². The molecule has 0 spiro atoms. The minimum Gasteiger partial charge on any atom is -0.351 e. The lowest BCUT2D eigenvalue weighted by molar-refractivity contribution is 0.0951. The number of para-hydroxylation sites is 1. The first-order chi connectivity index (χ1) is 15.6. The zero-order chi connectivity index (χ0) is 22.3. The van der Waals surface area contributed by atoms with Crippen LogP contribution in [0.3, 0.4) is 0 Å². The van der Waals surface area contributed by atoms with Gasteiger partial charge in [0, 0.05) is 22.2 Å². The van der Waals surface area contributed by atoms with Gasteiger partial charge in [-0.15, -0.1) is 0 Å². The molecule has 1 fully saturated rings. The standard InChI is InChI=1S/C27H18ClN3O/c28-21-12-6-5-11-20(21)24-25(26(32)19-9-2-1-3-10-19)31-22-13-7-4-8-18(22)14-15-23(31)27(24,16-29)17-30/h1-15,23-25H/t23-,24-,25+/m1/s1. The summed E-state index contributed by atoms with van der Waals surface area (Å²) in [6, 6.07) is 27.2. The predicted molar refractivity (Wildman–Crippen MR) is 124 cm³/mol. The molecule has 3 aromatic carbocycles. The molecule has 2 aliphatic heterocycles. The van der Waals surface area contributed by atoms with Gasteiger partial charge in [-0.1, -0.05) is 90.5 Å². The maximum atomic E-state index is 14.0. The minimum atomic E-state index is -1.50. The number of hydrogen-bond donors (Lipinski definition) is 0. The average molecular weight is 436 g/mol. The fourth-order valence-corrected chi connectivity index (χ4v) is 5.33. The Kier molecular flexibility index (Phi) is 4.82. The van der Waals surface area contributed by atoms with E-state index in [9.17, 15) is 15.3 Å². The molecule has 0 saturated carbocycles. The molecule has 5 rings (SSSR count). The van der Waals surface area contributed by atoms with Crippen LogP contribution in [0, 0.1) is 28.1 Å². The number of halogens is 1. The van der Waals surface area contributed by atoms with E-state index >= 15 is 0 Å². The first-order valence-electron chi connectivity index (χ1n) is 10.3. The monoisotopic (exact) mass is 435 g/mol. The van der Waals surface area contributed by atoms with E-state index in [4.69, 9.17) is 11.6 Å². The number of anilines is 1. The van der Waals surface area contributed by atoms with Gasteiger partial charge in [0.05, 0.1) is 18.2 Å². The van der Waals surface area contributed by atoms with Crippen molar-refractivity contribution in [3.8, 4) is 12.1 Å². The van der Waals surface area contributed by atoms with Gasteiger partial charge in [0.25, 0.3) is 0 Å². The molecule has 5 heteroatoms. The molecule has 32 heavy (non-hydrogen) atoms. The summed E-state index contributed by atoms with van der Waals surface area (Å²) in [6.45, 7) is 0. The van der Waals surface area contributed by atoms with E-state index in [1.165, 1.54) is 0 Å². The van der Waals surface area contributed by atoms with Crippen LogP contribution in [0.25, 0.3) is 6.08 Å². The van der Waals surface area contributed by atoms with E-state index in [2.05, 4.69) is 12.1 Å². The fraction of sp³-hybridized carbons (Fsp3) is 0.148. The lowest BCUT2D eigenvalue weighted by Gasteiger charge is -2.35. The van der Waals surface area contributed by atoms with Crippen LogP contribution in [0.5, 0.6) is 0 Å². The van der Waals surface area contributed by atoms with Crippen molar-refractivity contribution in [2.75, 3.05) is 4.90 Å². The first-order valence-corrected chi connectivity index (χ1v) is 10.7. The molecule has 0 radical (unpaired) electrons. The van der Waals surface area contributed by atoms with E-state index in [1.807, 2.05) is 71.6 Å². The van der Waals surface area contributed by atoms with Gasteiger partial charge in [-0.25, -0.2) is 0 Å². The summed E-state index contributed by atoms with van der Waals surface area (Å²) >= 11 is 6.59. The van der Waals surface area contributed by atoms with Crippen molar-refractivity contribution >= 4 is 29.1 Å². The van der Waals surface area contributed by atoms with Gasteiger partial charge >= 0.3 is 0 Å². The molecule has 154 valence electrons. The Hall–Kier alpha value is -3.86. The van der Waals surface area contributed by atoms with Crippen molar-refractivity contribution < 1.29 is 4.79 Å². The second kappa shape index (κ2) is 7.68. The number of benzene rings is 3. The number of hydrogen-bond acceptors (Lipinski definition) is 4. The minimum absolute atomic E-state index is 0.141. The summed E-state index contributed by atoms with van der Waals surface area (Å²) in [4.78, 5) is 15.9. The molecule has 1 saturated heterocycles. The van der Waals surface area contributed by atoms with Gasteiger partial charge in [-0.05, 0) is 23.3 Å². The molecular weight excluding hydrogens is 418 g/mol. The van der Waals surface area contributed by atoms with Gasteiger partial charge in [-0.2, -0.15) is 10.5 Å². The average Bonchev–Trinajstić information content (AvgIpc) is 3.15. The summed E-state index contributed by atoms with van der Waals surface area (Å²) in [5.41, 5.74) is 1.45. The van der Waals surface area contributed by atoms with Crippen molar-refractivity contribution in [3.63, 3.8) is 0 Å². The smallest absolute Gasteiger partial charge is 0.185 e. The van der Waals surface area contributed by atoms with Crippen LogP contribution in [0.15, 0.2) is 84.9 Å². The maximum absolute atomic E-state index is 14.0. The zero-order valence-corrected chi connectivity index (χ0v) is 17.8. The molecule has 3 aromatic rings. The normalized spacial score (nSPS) is 22.3. The predicted octanol–water partition coefficient (Wildman–Crippen LogP) is 5.62. The number of ketones is 1. The Morgan fingerprint density at radius 3 is 2.28 bits per heavy atom. The second-order valence-electron chi connectivity index (χ2n) is 8.04.